The lowest BCUT2D eigenvalue weighted by molar-refractivity contribution is 0.102. The van der Waals surface area contributed by atoms with Crippen molar-refractivity contribution < 1.29 is 9.53 Å². The number of methoxy groups -OCH3 is 1. The van der Waals surface area contributed by atoms with E-state index >= 15 is 0 Å². The van der Waals surface area contributed by atoms with Gasteiger partial charge in [0.15, 0.2) is 0 Å². The number of hydrogen-bond acceptors (Lipinski definition) is 4. The lowest BCUT2D eigenvalue weighted by Gasteiger charge is -2.30. The second-order valence-electron chi connectivity index (χ2n) is 7.94. The number of amides is 1. The van der Waals surface area contributed by atoms with E-state index in [0.717, 1.165) is 41.2 Å². The first-order valence-corrected chi connectivity index (χ1v) is 10.9. The number of aryl methyl sites for hydroxylation is 1. The Balaban J connectivity index is 1.37. The molecule has 1 aliphatic rings. The SMILES string of the molecule is COc1cc(N2CCn3c(nc4cc(Cl)ccc43)C2)ccc1NC(=O)c1ccc(C)cc1. The lowest BCUT2D eigenvalue weighted by atomic mass is 10.1. The second-order valence-corrected chi connectivity index (χ2v) is 8.38. The van der Waals surface area contributed by atoms with Crippen molar-refractivity contribution in [3.05, 3.63) is 82.6 Å². The van der Waals surface area contributed by atoms with Gasteiger partial charge in [0.05, 0.1) is 30.4 Å². The minimum absolute atomic E-state index is 0.165. The quantitative estimate of drug-likeness (QED) is 0.463. The van der Waals surface area contributed by atoms with Crippen molar-refractivity contribution in [2.75, 3.05) is 23.9 Å². The standard InChI is InChI=1S/C25H23ClN4O2/c1-16-3-5-17(6-4-16)25(31)28-20-9-8-19(14-23(20)32-2)29-11-12-30-22-10-7-18(26)13-21(22)27-24(30)15-29/h3-10,13-14H,11-12,15H2,1-2H3,(H,28,31). The maximum Gasteiger partial charge on any atom is 0.255 e. The van der Waals surface area contributed by atoms with Gasteiger partial charge < -0.3 is 19.5 Å². The van der Waals surface area contributed by atoms with Crippen LogP contribution >= 0.6 is 11.6 Å². The van der Waals surface area contributed by atoms with Crippen molar-refractivity contribution in [3.8, 4) is 5.75 Å². The van der Waals surface area contributed by atoms with Gasteiger partial charge in [-0.2, -0.15) is 0 Å². The van der Waals surface area contributed by atoms with E-state index in [4.69, 9.17) is 21.3 Å². The summed E-state index contributed by atoms with van der Waals surface area (Å²) in [4.78, 5) is 19.7. The molecule has 0 bridgehead atoms. The predicted octanol–water partition coefficient (Wildman–Crippen LogP) is 5.28. The smallest absolute Gasteiger partial charge is 0.255 e. The molecule has 0 fully saturated rings. The van der Waals surface area contributed by atoms with E-state index < -0.39 is 0 Å². The first kappa shape index (κ1) is 20.4. The fourth-order valence-corrected chi connectivity index (χ4v) is 4.26. The van der Waals surface area contributed by atoms with Crippen molar-refractivity contribution in [1.29, 1.82) is 0 Å². The molecule has 0 aliphatic carbocycles. The molecule has 6 nitrogen and oxygen atoms in total. The second kappa shape index (κ2) is 8.20. The largest absolute Gasteiger partial charge is 0.494 e. The minimum atomic E-state index is -0.165. The highest BCUT2D eigenvalue weighted by atomic mass is 35.5. The number of halogens is 1. The number of nitrogens with one attached hydrogen (secondary N) is 1. The molecule has 3 aromatic carbocycles. The van der Waals surface area contributed by atoms with Gasteiger partial charge in [-0.25, -0.2) is 4.98 Å². The van der Waals surface area contributed by atoms with Crippen molar-refractivity contribution in [3.63, 3.8) is 0 Å². The fraction of sp³-hybridized carbons (Fsp3) is 0.200. The minimum Gasteiger partial charge on any atom is -0.494 e. The molecule has 1 amide bonds. The third-order valence-electron chi connectivity index (χ3n) is 5.83. The van der Waals surface area contributed by atoms with Crippen LogP contribution in [0.25, 0.3) is 11.0 Å². The summed E-state index contributed by atoms with van der Waals surface area (Å²) < 4.78 is 7.83. The number of aromatic nitrogens is 2. The highest BCUT2D eigenvalue weighted by molar-refractivity contribution is 6.31. The highest BCUT2D eigenvalue weighted by Crippen LogP contribution is 2.32. The van der Waals surface area contributed by atoms with E-state index in [-0.39, 0.29) is 5.91 Å². The first-order chi connectivity index (χ1) is 15.5. The van der Waals surface area contributed by atoms with E-state index in [1.807, 2.05) is 67.6 Å². The molecule has 2 heterocycles. The molecule has 5 rings (SSSR count). The van der Waals surface area contributed by atoms with Crippen molar-refractivity contribution in [1.82, 2.24) is 9.55 Å². The van der Waals surface area contributed by atoms with Crippen molar-refractivity contribution in [2.45, 2.75) is 20.0 Å². The number of anilines is 2. The summed E-state index contributed by atoms with van der Waals surface area (Å²) in [5.41, 5.74) is 5.41. The van der Waals surface area contributed by atoms with E-state index in [2.05, 4.69) is 14.8 Å². The molecular formula is C25H23ClN4O2. The Morgan fingerprint density at radius 2 is 1.88 bits per heavy atom. The van der Waals surface area contributed by atoms with Gasteiger partial charge in [0.25, 0.3) is 5.91 Å². The zero-order valence-electron chi connectivity index (χ0n) is 17.9. The Bertz CT molecular complexity index is 1310. The molecule has 0 unspecified atom stereocenters. The van der Waals surface area contributed by atoms with Crippen LogP contribution in [0.15, 0.2) is 60.7 Å². The topological polar surface area (TPSA) is 59.4 Å². The van der Waals surface area contributed by atoms with E-state index in [1.165, 1.54) is 0 Å². The lowest BCUT2D eigenvalue weighted by Crippen LogP contribution is -2.33. The van der Waals surface area contributed by atoms with E-state index in [0.29, 0.717) is 28.6 Å². The van der Waals surface area contributed by atoms with Crippen LogP contribution in [0.2, 0.25) is 5.02 Å². The summed E-state index contributed by atoms with van der Waals surface area (Å²) in [7, 11) is 1.61. The molecule has 0 spiro atoms. The van der Waals surface area contributed by atoms with Gasteiger partial charge in [0.2, 0.25) is 0 Å². The fourth-order valence-electron chi connectivity index (χ4n) is 4.09. The summed E-state index contributed by atoms with van der Waals surface area (Å²) >= 11 is 6.13. The van der Waals surface area contributed by atoms with Crippen LogP contribution in [-0.4, -0.2) is 29.1 Å². The normalized spacial score (nSPS) is 13.2. The number of ether oxygens (including phenoxy) is 1. The Kier molecular flexibility index (Phi) is 5.23. The Morgan fingerprint density at radius 3 is 2.66 bits per heavy atom. The third kappa shape index (κ3) is 3.78. The monoisotopic (exact) mass is 446 g/mol. The summed E-state index contributed by atoms with van der Waals surface area (Å²) in [6.07, 6.45) is 0. The summed E-state index contributed by atoms with van der Waals surface area (Å²) in [6, 6.07) is 19.2. The average Bonchev–Trinajstić information content (AvgIpc) is 3.16. The molecule has 1 aliphatic heterocycles. The molecule has 7 heteroatoms. The van der Waals surface area contributed by atoms with Crippen LogP contribution in [0.3, 0.4) is 0 Å². The van der Waals surface area contributed by atoms with Crippen LogP contribution in [0.5, 0.6) is 5.75 Å². The van der Waals surface area contributed by atoms with Gasteiger partial charge in [-0.05, 0) is 49.4 Å². The van der Waals surface area contributed by atoms with Crippen molar-refractivity contribution >= 4 is 39.9 Å². The van der Waals surface area contributed by atoms with Crippen LogP contribution in [0, 0.1) is 6.92 Å². The molecule has 0 radical (unpaired) electrons. The summed E-state index contributed by atoms with van der Waals surface area (Å²) in [5.74, 6) is 1.46. The number of hydrogen-bond donors (Lipinski definition) is 1. The van der Waals surface area contributed by atoms with Crippen LogP contribution in [-0.2, 0) is 13.1 Å². The maximum atomic E-state index is 12.6. The molecular weight excluding hydrogens is 424 g/mol. The van der Waals surface area contributed by atoms with Gasteiger partial charge in [-0.15, -0.1) is 0 Å². The molecule has 162 valence electrons. The Hall–Kier alpha value is -3.51. The van der Waals surface area contributed by atoms with Crippen LogP contribution in [0.4, 0.5) is 11.4 Å². The highest BCUT2D eigenvalue weighted by Gasteiger charge is 2.21. The zero-order valence-corrected chi connectivity index (χ0v) is 18.7. The number of fused-ring (bicyclic) bond motifs is 3. The number of nitrogens with zero attached hydrogens (tertiary/aromatic N) is 3. The van der Waals surface area contributed by atoms with Crippen LogP contribution < -0.4 is 15.0 Å². The summed E-state index contributed by atoms with van der Waals surface area (Å²) in [5, 5.41) is 3.65. The number of carbonyl (C=O) groups excluding carboxylic acids is 1. The van der Waals surface area contributed by atoms with Gasteiger partial charge in [0, 0.05) is 35.4 Å². The first-order valence-electron chi connectivity index (χ1n) is 10.5. The summed E-state index contributed by atoms with van der Waals surface area (Å²) in [6.45, 7) is 4.36. The molecule has 0 atom stereocenters. The van der Waals surface area contributed by atoms with Gasteiger partial charge >= 0.3 is 0 Å². The van der Waals surface area contributed by atoms with E-state index in [1.54, 1.807) is 7.11 Å². The Labute approximate surface area is 191 Å². The third-order valence-corrected chi connectivity index (χ3v) is 6.06. The molecule has 0 saturated carbocycles. The molecule has 0 saturated heterocycles. The van der Waals surface area contributed by atoms with Crippen molar-refractivity contribution in [2.24, 2.45) is 0 Å². The van der Waals surface area contributed by atoms with Gasteiger partial charge in [-0.3, -0.25) is 4.79 Å². The number of benzene rings is 3. The molecule has 1 aromatic heterocycles. The number of imidazole rings is 1. The number of rotatable bonds is 4. The van der Waals surface area contributed by atoms with Gasteiger partial charge in [0.1, 0.15) is 11.6 Å². The molecule has 1 N–H and O–H groups in total. The Morgan fingerprint density at radius 1 is 1.06 bits per heavy atom. The average molecular weight is 447 g/mol. The maximum absolute atomic E-state index is 12.6. The van der Waals surface area contributed by atoms with Crippen LogP contribution in [0.1, 0.15) is 21.7 Å². The molecule has 32 heavy (non-hydrogen) atoms. The van der Waals surface area contributed by atoms with E-state index in [9.17, 15) is 4.79 Å². The van der Waals surface area contributed by atoms with Gasteiger partial charge in [-0.1, -0.05) is 29.3 Å². The number of carbonyl (C=O) groups is 1. The zero-order chi connectivity index (χ0) is 22.2. The molecule has 4 aromatic rings. The predicted molar refractivity (Wildman–Crippen MR) is 128 cm³/mol.